The Hall–Kier alpha value is -6.33. The normalized spacial score (nSPS) is 15.9. The highest BCUT2D eigenvalue weighted by atomic mass is 35.5. The van der Waals surface area contributed by atoms with Gasteiger partial charge in [0.05, 0.1) is 59.9 Å². The van der Waals surface area contributed by atoms with Crippen LogP contribution in [0.5, 0.6) is 0 Å². The maximum atomic E-state index is 13.7. The van der Waals surface area contributed by atoms with E-state index >= 15 is 0 Å². The summed E-state index contributed by atoms with van der Waals surface area (Å²) in [5.74, 6) is -2.23. The van der Waals surface area contributed by atoms with E-state index in [1.807, 2.05) is 30.9 Å². The van der Waals surface area contributed by atoms with Crippen molar-refractivity contribution in [2.45, 2.75) is 119 Å². The van der Waals surface area contributed by atoms with Crippen LogP contribution in [0, 0.1) is 17.0 Å². The zero-order chi connectivity index (χ0) is 50.6. The molecular formula is C53H69ClF2N10O5. The van der Waals surface area contributed by atoms with Gasteiger partial charge in [-0.1, -0.05) is 49.0 Å². The standard InChI is InChI=1S/C29H36FN5O4.C23H28FN5O.CH4.ClH/c1-27(2,3)20-14-21(18-8-10-19(30)11-9-18)32-35-16-22(31-24(20)35)25(37)34-13-12-33(17-29(34,6)7)23(36)15-28(4,5)26(38)39;1-22(2,3)17-12-18(15-6-8-16(24)9-7-15)27-29-13-19(26-20(17)29)21(30)28-11-10-25-14-23(28,4)5;;/h8-11,14,16H,12-13,15,17H2,1-7H3,(H,38,39);6-9,12-13,25H,10-11,14H2,1-5H3;1H4;1H. The number of aromatic nitrogens is 6. The lowest BCUT2D eigenvalue weighted by molar-refractivity contribution is -0.673. The molecule has 4 aromatic heterocycles. The minimum Gasteiger partial charge on any atom is -1.00 e. The summed E-state index contributed by atoms with van der Waals surface area (Å²) >= 11 is 0. The summed E-state index contributed by atoms with van der Waals surface area (Å²) in [6.07, 6.45) is 3.22. The molecule has 3 amide bonds. The van der Waals surface area contributed by atoms with Crippen molar-refractivity contribution in [2.24, 2.45) is 5.41 Å². The summed E-state index contributed by atoms with van der Waals surface area (Å²) in [4.78, 5) is 66.1. The zero-order valence-electron chi connectivity index (χ0n) is 42.2. The molecule has 8 rings (SSSR count). The van der Waals surface area contributed by atoms with Crippen LogP contribution in [0.4, 0.5) is 8.78 Å². The van der Waals surface area contributed by atoms with E-state index in [1.54, 1.807) is 55.5 Å². The summed E-state index contributed by atoms with van der Waals surface area (Å²) in [5, 5.41) is 21.0. The van der Waals surface area contributed by atoms with Crippen LogP contribution in [0.15, 0.2) is 73.1 Å². The Balaban J connectivity index is 0.000000265. The lowest BCUT2D eigenvalue weighted by Gasteiger charge is -2.47. The second-order valence-electron chi connectivity index (χ2n) is 22.2. The molecule has 6 aromatic rings. The van der Waals surface area contributed by atoms with Gasteiger partial charge in [-0.05, 0) is 113 Å². The van der Waals surface area contributed by atoms with Crippen molar-refractivity contribution in [1.29, 1.82) is 0 Å². The Morgan fingerprint density at radius 2 is 1.08 bits per heavy atom. The van der Waals surface area contributed by atoms with E-state index in [1.165, 1.54) is 38.1 Å². The maximum absolute atomic E-state index is 13.7. The van der Waals surface area contributed by atoms with Gasteiger partial charge in [0.15, 0.2) is 11.3 Å². The molecule has 2 aromatic carbocycles. The third-order valence-electron chi connectivity index (χ3n) is 13.0. The Bertz CT molecular complexity index is 2930. The lowest BCUT2D eigenvalue weighted by Crippen LogP contribution is -3.00. The van der Waals surface area contributed by atoms with Gasteiger partial charge in [0.25, 0.3) is 11.8 Å². The molecule has 6 heterocycles. The molecule has 2 aliphatic rings. The van der Waals surface area contributed by atoms with E-state index in [0.29, 0.717) is 42.3 Å². The monoisotopic (exact) mass is 999 g/mol. The van der Waals surface area contributed by atoms with Crippen LogP contribution in [0.1, 0.15) is 129 Å². The third kappa shape index (κ3) is 11.9. The van der Waals surface area contributed by atoms with Crippen LogP contribution in [-0.4, -0.2) is 123 Å². The topological polar surface area (TPSA) is 175 Å². The highest BCUT2D eigenvalue weighted by Gasteiger charge is 2.42. The van der Waals surface area contributed by atoms with Gasteiger partial charge in [-0.3, -0.25) is 19.2 Å². The van der Waals surface area contributed by atoms with Crippen LogP contribution < -0.4 is 17.7 Å². The average molecular weight is 1000 g/mol. The maximum Gasteiger partial charge on any atom is 0.309 e. The predicted octanol–water partition coefficient (Wildman–Crippen LogP) is 4.67. The number of imidazole rings is 2. The number of aliphatic carboxylic acids is 1. The largest absolute Gasteiger partial charge is 1.00 e. The quantitative estimate of drug-likeness (QED) is 0.231. The molecule has 2 aliphatic heterocycles. The third-order valence-corrected chi connectivity index (χ3v) is 13.0. The van der Waals surface area contributed by atoms with Crippen molar-refractivity contribution in [2.75, 3.05) is 39.3 Å². The van der Waals surface area contributed by atoms with Gasteiger partial charge < -0.3 is 37.5 Å². The number of benzene rings is 2. The number of rotatable bonds is 7. The fourth-order valence-corrected chi connectivity index (χ4v) is 8.84. The molecule has 0 unspecified atom stereocenters. The Labute approximate surface area is 421 Å². The number of nitrogens with zero attached hydrogens (tertiary/aromatic N) is 9. The number of hydrogen-bond donors (Lipinski definition) is 2. The summed E-state index contributed by atoms with van der Waals surface area (Å²) in [6, 6.07) is 16.3. The number of quaternary nitrogens is 1. The lowest BCUT2D eigenvalue weighted by atomic mass is 9.87. The first-order chi connectivity index (χ1) is 32.1. The molecule has 15 nitrogen and oxygen atoms in total. The van der Waals surface area contributed by atoms with Gasteiger partial charge in [-0.2, -0.15) is 10.2 Å². The molecule has 2 saturated heterocycles. The van der Waals surface area contributed by atoms with Crippen molar-refractivity contribution in [3.63, 3.8) is 0 Å². The molecule has 71 heavy (non-hydrogen) atoms. The minimum absolute atomic E-state index is 0. The Morgan fingerprint density at radius 1 is 0.662 bits per heavy atom. The highest BCUT2D eigenvalue weighted by Crippen LogP contribution is 2.33. The van der Waals surface area contributed by atoms with Crippen LogP contribution in [0.3, 0.4) is 0 Å². The molecular weight excluding hydrogens is 930 g/mol. The molecule has 0 spiro atoms. The van der Waals surface area contributed by atoms with Gasteiger partial charge in [-0.25, -0.2) is 27.8 Å². The zero-order valence-corrected chi connectivity index (χ0v) is 43.0. The number of amides is 3. The molecule has 0 aliphatic carbocycles. The summed E-state index contributed by atoms with van der Waals surface area (Å²) in [7, 11) is 0. The van der Waals surface area contributed by atoms with Crippen molar-refractivity contribution >= 4 is 35.0 Å². The number of carboxylic acids is 1. The first-order valence-electron chi connectivity index (χ1n) is 23.4. The number of carbonyl (C=O) groups is 4. The number of piperazine rings is 2. The molecule has 0 radical (unpaired) electrons. The summed E-state index contributed by atoms with van der Waals surface area (Å²) < 4.78 is 30.2. The van der Waals surface area contributed by atoms with Gasteiger partial charge in [0, 0.05) is 48.3 Å². The minimum atomic E-state index is -1.17. The molecule has 2 fully saturated rings. The van der Waals surface area contributed by atoms with Crippen molar-refractivity contribution in [3.05, 3.63) is 107 Å². The van der Waals surface area contributed by atoms with Crippen molar-refractivity contribution in [1.82, 2.24) is 43.9 Å². The van der Waals surface area contributed by atoms with Gasteiger partial charge in [-0.15, -0.1) is 0 Å². The van der Waals surface area contributed by atoms with Gasteiger partial charge in [0.1, 0.15) is 23.0 Å². The number of hydrogen-bond acceptors (Lipinski definition) is 8. The molecule has 0 atom stereocenters. The first-order valence-corrected chi connectivity index (χ1v) is 23.4. The van der Waals surface area contributed by atoms with E-state index in [-0.39, 0.29) is 84.2 Å². The fourth-order valence-electron chi connectivity index (χ4n) is 8.84. The van der Waals surface area contributed by atoms with E-state index in [2.05, 4.69) is 70.9 Å². The van der Waals surface area contributed by atoms with Crippen LogP contribution in [0.25, 0.3) is 33.8 Å². The summed E-state index contributed by atoms with van der Waals surface area (Å²) in [6.45, 7) is 26.8. The average Bonchev–Trinajstić information content (AvgIpc) is 3.90. The van der Waals surface area contributed by atoms with E-state index < -0.39 is 16.9 Å². The van der Waals surface area contributed by atoms with Crippen LogP contribution in [0.2, 0.25) is 0 Å². The molecule has 0 bridgehead atoms. The Kier molecular flexibility index (Phi) is 16.0. The molecule has 382 valence electrons. The van der Waals surface area contributed by atoms with E-state index in [4.69, 9.17) is 9.97 Å². The first kappa shape index (κ1) is 55.6. The SMILES string of the molecule is C.CC(C)(C)c1cc(-c2ccc(F)cc2)nn2cc(C(=O)N3CC[NH2+]CC3(C)C)nc12.CC(C)(CC(=O)N1CCN(C(=O)c2cn3nc(-c4ccc(F)cc4)cc(C(C)(C)C)c3n2)C(C)(C)C1)C(=O)O.[Cl-]. The van der Waals surface area contributed by atoms with Crippen LogP contribution in [-0.2, 0) is 20.4 Å². The second-order valence-corrected chi connectivity index (χ2v) is 22.2. The number of nitrogens with two attached hydrogens (primary N) is 1. The molecule has 3 N–H and O–H groups in total. The van der Waals surface area contributed by atoms with E-state index in [9.17, 15) is 33.1 Å². The number of carboxylic acid groups (broad SMARTS) is 1. The van der Waals surface area contributed by atoms with Gasteiger partial charge in [0.2, 0.25) is 5.91 Å². The molecule has 18 heteroatoms. The smallest absolute Gasteiger partial charge is 0.309 e. The number of fused-ring (bicyclic) bond motifs is 2. The number of carbonyl (C=O) groups excluding carboxylic acids is 3. The summed E-state index contributed by atoms with van der Waals surface area (Å²) in [5.41, 5.74) is 4.08. The highest BCUT2D eigenvalue weighted by molar-refractivity contribution is 5.95. The Morgan fingerprint density at radius 3 is 1.46 bits per heavy atom. The van der Waals surface area contributed by atoms with Crippen molar-refractivity contribution < 1.29 is 50.8 Å². The number of halogens is 3. The van der Waals surface area contributed by atoms with Gasteiger partial charge >= 0.3 is 5.97 Å². The molecule has 0 saturated carbocycles. The van der Waals surface area contributed by atoms with E-state index in [0.717, 1.165) is 41.0 Å². The second kappa shape index (κ2) is 20.4. The predicted molar refractivity (Wildman–Crippen MR) is 265 cm³/mol. The van der Waals surface area contributed by atoms with Crippen LogP contribution >= 0.6 is 0 Å². The fraction of sp³-hybridized carbons (Fsp3) is 0.472. The van der Waals surface area contributed by atoms with Crippen molar-refractivity contribution in [3.8, 4) is 22.5 Å².